The third kappa shape index (κ3) is 5.76. The van der Waals surface area contributed by atoms with Gasteiger partial charge in [-0.3, -0.25) is 9.36 Å². The number of carbonyl (C=O) groups excluding carboxylic acids is 1. The average Bonchev–Trinajstić information content (AvgIpc) is 2.89. The van der Waals surface area contributed by atoms with Crippen molar-refractivity contribution in [2.75, 3.05) is 31.7 Å². The molecule has 9 heteroatoms. The van der Waals surface area contributed by atoms with Crippen LogP contribution in [0.15, 0.2) is 51.7 Å². The molecule has 0 spiro atoms. The number of rotatable bonds is 6. The molecule has 0 atom stereocenters. The minimum absolute atomic E-state index is 0. The maximum Gasteiger partial charge on any atom is 0.419 e. The quantitative estimate of drug-likeness (QED) is 0.590. The van der Waals surface area contributed by atoms with E-state index in [0.717, 1.165) is 5.56 Å². The van der Waals surface area contributed by atoms with Crippen LogP contribution in [0.25, 0.3) is 11.1 Å². The molecule has 3 rings (SSSR count). The molecular formula is C19H24Cl2N4O3. The summed E-state index contributed by atoms with van der Waals surface area (Å²) in [6.07, 6.45) is 0.247. The molecule has 152 valence electrons. The normalized spacial score (nSPS) is 10.4. The van der Waals surface area contributed by atoms with Crippen molar-refractivity contribution in [1.29, 1.82) is 0 Å². The van der Waals surface area contributed by atoms with E-state index in [1.807, 2.05) is 31.1 Å². The summed E-state index contributed by atoms with van der Waals surface area (Å²) in [4.78, 5) is 26.3. The fourth-order valence-electron chi connectivity index (χ4n) is 2.68. The van der Waals surface area contributed by atoms with Crippen LogP contribution in [0.2, 0.25) is 0 Å². The molecule has 0 saturated heterocycles. The Kier molecular flexibility index (Phi) is 8.56. The summed E-state index contributed by atoms with van der Waals surface area (Å²) in [5, 5.41) is 2.86. The second-order valence-corrected chi connectivity index (χ2v) is 6.47. The molecule has 1 heterocycles. The number of oxazole rings is 1. The molecule has 7 nitrogen and oxygen atoms in total. The van der Waals surface area contributed by atoms with Crippen molar-refractivity contribution in [3.05, 3.63) is 58.6 Å². The lowest BCUT2D eigenvalue weighted by molar-refractivity contribution is -0.115. The number of fused-ring (bicyclic) bond motifs is 1. The van der Waals surface area contributed by atoms with Gasteiger partial charge in [0.25, 0.3) is 0 Å². The fraction of sp³-hybridized carbons (Fsp3) is 0.263. The van der Waals surface area contributed by atoms with Crippen molar-refractivity contribution in [3.8, 4) is 0 Å². The van der Waals surface area contributed by atoms with Crippen LogP contribution < -0.4 is 16.8 Å². The molecule has 1 amide bonds. The third-order valence-electron chi connectivity index (χ3n) is 4.07. The highest BCUT2D eigenvalue weighted by atomic mass is 35.5. The maximum absolute atomic E-state index is 12.3. The van der Waals surface area contributed by atoms with Gasteiger partial charge in [0.15, 0.2) is 5.58 Å². The summed E-state index contributed by atoms with van der Waals surface area (Å²) in [6, 6.07) is 12.4. The molecule has 28 heavy (non-hydrogen) atoms. The van der Waals surface area contributed by atoms with Crippen molar-refractivity contribution in [2.45, 2.75) is 13.0 Å². The lowest BCUT2D eigenvalue weighted by Crippen LogP contribution is -2.23. The van der Waals surface area contributed by atoms with Crippen molar-refractivity contribution in [1.82, 2.24) is 9.47 Å². The largest absolute Gasteiger partial charge is 0.419 e. The molecule has 0 saturated carbocycles. The first-order chi connectivity index (χ1) is 12.4. The van der Waals surface area contributed by atoms with E-state index in [2.05, 4.69) is 5.32 Å². The zero-order valence-corrected chi connectivity index (χ0v) is 17.3. The second-order valence-electron chi connectivity index (χ2n) is 6.47. The van der Waals surface area contributed by atoms with E-state index < -0.39 is 5.76 Å². The van der Waals surface area contributed by atoms with Crippen LogP contribution in [0.4, 0.5) is 11.4 Å². The number of likely N-dealkylation sites (N-methyl/N-ethyl adjacent to an activating group) is 1. The van der Waals surface area contributed by atoms with E-state index in [1.165, 1.54) is 0 Å². The molecular weight excluding hydrogens is 403 g/mol. The summed E-state index contributed by atoms with van der Waals surface area (Å²) >= 11 is 0. The lowest BCUT2D eigenvalue weighted by atomic mass is 10.1. The van der Waals surface area contributed by atoms with Crippen LogP contribution in [0.1, 0.15) is 5.56 Å². The van der Waals surface area contributed by atoms with Crippen molar-refractivity contribution in [3.63, 3.8) is 0 Å². The van der Waals surface area contributed by atoms with Crippen molar-refractivity contribution in [2.24, 2.45) is 0 Å². The zero-order chi connectivity index (χ0) is 18.7. The molecule has 0 unspecified atom stereocenters. The first kappa shape index (κ1) is 23.6. The average molecular weight is 427 g/mol. The zero-order valence-electron chi connectivity index (χ0n) is 15.7. The Balaban J connectivity index is 0.00000196. The number of nitrogen functional groups attached to an aromatic ring is 1. The van der Waals surface area contributed by atoms with E-state index in [9.17, 15) is 9.59 Å². The number of benzene rings is 2. The molecule has 0 aliphatic carbocycles. The van der Waals surface area contributed by atoms with Crippen LogP contribution in [-0.2, 0) is 17.8 Å². The molecule has 3 N–H and O–H groups in total. The Bertz CT molecular complexity index is 981. The first-order valence-electron chi connectivity index (χ1n) is 8.35. The maximum atomic E-state index is 12.3. The number of aromatic nitrogens is 1. The molecule has 0 aliphatic heterocycles. The number of nitrogens with zero attached hydrogens (tertiary/aromatic N) is 2. The SMILES string of the molecule is CN(C)CCn1c(=O)oc2ccc(NC(=O)Cc3ccc(N)cc3)cc21.Cl.Cl. The number of amides is 1. The van der Waals surface area contributed by atoms with Crippen LogP contribution in [0, 0.1) is 0 Å². The van der Waals surface area contributed by atoms with Crippen molar-refractivity contribution < 1.29 is 9.21 Å². The topological polar surface area (TPSA) is 93.5 Å². The number of halogens is 2. The van der Waals surface area contributed by atoms with Crippen LogP contribution in [0.5, 0.6) is 0 Å². The Labute approximate surface area is 175 Å². The summed E-state index contributed by atoms with van der Waals surface area (Å²) in [5.74, 6) is -0.535. The van der Waals surface area contributed by atoms with E-state index in [1.54, 1.807) is 34.9 Å². The standard InChI is InChI=1S/C19H22N4O3.2ClH/c1-22(2)9-10-23-16-12-15(7-8-17(16)26-19(23)25)21-18(24)11-13-3-5-14(20)6-4-13;;/h3-8,12H,9-11,20H2,1-2H3,(H,21,24);2*1H. The van der Waals surface area contributed by atoms with Gasteiger partial charge < -0.3 is 20.4 Å². The van der Waals surface area contributed by atoms with Gasteiger partial charge in [0.2, 0.25) is 5.91 Å². The Morgan fingerprint density at radius 2 is 1.82 bits per heavy atom. The minimum atomic E-state index is -0.396. The number of nitrogens with one attached hydrogen (secondary N) is 1. The summed E-state index contributed by atoms with van der Waals surface area (Å²) in [5.41, 5.74) is 8.99. The van der Waals surface area contributed by atoms with Gasteiger partial charge in [0, 0.05) is 24.5 Å². The number of carbonyl (C=O) groups is 1. The third-order valence-corrected chi connectivity index (χ3v) is 4.07. The lowest BCUT2D eigenvalue weighted by Gasteiger charge is -2.10. The molecule has 0 bridgehead atoms. The highest BCUT2D eigenvalue weighted by molar-refractivity contribution is 5.94. The molecule has 2 aromatic carbocycles. The fourth-order valence-corrected chi connectivity index (χ4v) is 2.68. The highest BCUT2D eigenvalue weighted by Crippen LogP contribution is 2.19. The van der Waals surface area contributed by atoms with Gasteiger partial charge in [0.05, 0.1) is 11.9 Å². The first-order valence-corrected chi connectivity index (χ1v) is 8.35. The van der Waals surface area contributed by atoms with E-state index in [0.29, 0.717) is 35.6 Å². The van der Waals surface area contributed by atoms with Gasteiger partial charge in [-0.1, -0.05) is 12.1 Å². The Hall–Kier alpha value is -2.48. The van der Waals surface area contributed by atoms with Gasteiger partial charge in [-0.15, -0.1) is 24.8 Å². The number of hydrogen-bond donors (Lipinski definition) is 2. The van der Waals surface area contributed by atoms with Crippen LogP contribution >= 0.6 is 24.8 Å². The number of hydrogen-bond acceptors (Lipinski definition) is 5. The molecule has 0 aliphatic rings. The van der Waals surface area contributed by atoms with E-state index >= 15 is 0 Å². The monoisotopic (exact) mass is 426 g/mol. The van der Waals surface area contributed by atoms with E-state index in [4.69, 9.17) is 10.2 Å². The number of nitrogens with two attached hydrogens (primary N) is 1. The van der Waals surface area contributed by atoms with Gasteiger partial charge in [-0.05, 0) is 50.0 Å². The molecule has 3 aromatic rings. The summed E-state index contributed by atoms with van der Waals surface area (Å²) in [7, 11) is 3.88. The van der Waals surface area contributed by atoms with Gasteiger partial charge in [0.1, 0.15) is 0 Å². The Morgan fingerprint density at radius 3 is 2.46 bits per heavy atom. The van der Waals surface area contributed by atoms with Gasteiger partial charge in [-0.2, -0.15) is 0 Å². The summed E-state index contributed by atoms with van der Waals surface area (Å²) < 4.78 is 6.84. The van der Waals surface area contributed by atoms with Gasteiger partial charge >= 0.3 is 5.76 Å². The van der Waals surface area contributed by atoms with Crippen LogP contribution in [-0.4, -0.2) is 36.0 Å². The molecule has 0 radical (unpaired) electrons. The molecule has 1 aromatic heterocycles. The van der Waals surface area contributed by atoms with Gasteiger partial charge in [-0.25, -0.2) is 4.79 Å². The number of anilines is 2. The second kappa shape index (κ2) is 10.2. The summed E-state index contributed by atoms with van der Waals surface area (Å²) in [6.45, 7) is 1.23. The minimum Gasteiger partial charge on any atom is -0.408 e. The van der Waals surface area contributed by atoms with Crippen LogP contribution in [0.3, 0.4) is 0 Å². The Morgan fingerprint density at radius 1 is 1.14 bits per heavy atom. The predicted octanol–water partition coefficient (Wildman–Crippen LogP) is 2.76. The smallest absolute Gasteiger partial charge is 0.408 e. The highest BCUT2D eigenvalue weighted by Gasteiger charge is 2.11. The molecule has 0 fully saturated rings. The predicted molar refractivity (Wildman–Crippen MR) is 117 cm³/mol. The van der Waals surface area contributed by atoms with E-state index in [-0.39, 0.29) is 37.1 Å². The van der Waals surface area contributed by atoms with Crippen molar-refractivity contribution >= 4 is 53.2 Å².